The number of nitrogens with zero attached hydrogens (tertiary/aromatic N) is 2. The highest BCUT2D eigenvalue weighted by Gasteiger charge is 2.23. The first-order valence-corrected chi connectivity index (χ1v) is 8.35. The lowest BCUT2D eigenvalue weighted by Crippen LogP contribution is -2.18. The number of aryl methyl sites for hydroxylation is 1. The van der Waals surface area contributed by atoms with E-state index in [0.717, 1.165) is 41.2 Å². The Balaban J connectivity index is 2.07. The minimum Gasteiger partial charge on any atom is -0.478 e. The lowest BCUT2D eigenvalue weighted by molar-refractivity contribution is -0.123. The van der Waals surface area contributed by atoms with E-state index in [0.29, 0.717) is 0 Å². The van der Waals surface area contributed by atoms with Gasteiger partial charge in [0.1, 0.15) is 0 Å². The van der Waals surface area contributed by atoms with Crippen molar-refractivity contribution in [2.45, 2.75) is 20.3 Å². The Morgan fingerprint density at radius 2 is 2.00 bits per heavy atom. The van der Waals surface area contributed by atoms with Gasteiger partial charge < -0.3 is 14.6 Å². The number of carbonyl (C=O) groups excluding carboxylic acids is 1. The van der Waals surface area contributed by atoms with Gasteiger partial charge in [-0.3, -0.25) is 4.79 Å². The molecule has 0 radical (unpaired) electrons. The lowest BCUT2D eigenvalue weighted by Gasteiger charge is -2.11. The molecule has 1 aromatic carbocycles. The molecule has 0 spiro atoms. The highest BCUT2D eigenvalue weighted by molar-refractivity contribution is 6.33. The molecule has 1 N–H and O–H groups in total. The van der Waals surface area contributed by atoms with Crippen LogP contribution in [-0.2, 0) is 4.79 Å². The zero-order chi connectivity index (χ0) is 18.3. The van der Waals surface area contributed by atoms with Gasteiger partial charge in [-0.25, -0.2) is 4.79 Å². The second-order valence-electron chi connectivity index (χ2n) is 6.28. The molecular formula is C19H19ClN2O3. The summed E-state index contributed by atoms with van der Waals surface area (Å²) < 4.78 is 1.97. The van der Waals surface area contributed by atoms with Crippen molar-refractivity contribution < 1.29 is 14.7 Å². The Morgan fingerprint density at radius 3 is 2.60 bits per heavy atom. The number of benzene rings is 1. The summed E-state index contributed by atoms with van der Waals surface area (Å²) in [5, 5.41) is 9.49. The van der Waals surface area contributed by atoms with Gasteiger partial charge in [0.2, 0.25) is 5.91 Å². The SMILES string of the molecule is Cc1cc(/C=C2\CCN(C)C2=O)c(C)n1-c1ccc(Cl)c(C(=O)O)c1. The monoisotopic (exact) mass is 358 g/mol. The summed E-state index contributed by atoms with van der Waals surface area (Å²) in [7, 11) is 1.80. The maximum atomic E-state index is 12.1. The van der Waals surface area contributed by atoms with Crippen molar-refractivity contribution in [2.24, 2.45) is 0 Å². The number of hydrogen-bond donors (Lipinski definition) is 1. The van der Waals surface area contributed by atoms with Gasteiger partial charge in [0.15, 0.2) is 0 Å². The van der Waals surface area contributed by atoms with Gasteiger partial charge in [-0.05, 0) is 56.2 Å². The van der Waals surface area contributed by atoms with Crippen LogP contribution in [0.5, 0.6) is 0 Å². The molecule has 130 valence electrons. The lowest BCUT2D eigenvalue weighted by atomic mass is 10.1. The summed E-state index contributed by atoms with van der Waals surface area (Å²) in [4.78, 5) is 25.2. The quantitative estimate of drug-likeness (QED) is 0.851. The number of likely N-dealkylation sites (tertiary alicyclic amines) is 1. The summed E-state index contributed by atoms with van der Waals surface area (Å²) in [6, 6.07) is 6.95. The van der Waals surface area contributed by atoms with Crippen LogP contribution >= 0.6 is 11.6 Å². The van der Waals surface area contributed by atoms with Gasteiger partial charge in [-0.2, -0.15) is 0 Å². The van der Waals surface area contributed by atoms with Crippen molar-refractivity contribution in [1.29, 1.82) is 0 Å². The van der Waals surface area contributed by atoms with E-state index in [2.05, 4.69) is 0 Å². The highest BCUT2D eigenvalue weighted by atomic mass is 35.5. The van der Waals surface area contributed by atoms with E-state index in [9.17, 15) is 14.7 Å². The molecule has 0 saturated carbocycles. The Bertz CT molecular complexity index is 912. The van der Waals surface area contributed by atoms with Crippen LogP contribution < -0.4 is 0 Å². The van der Waals surface area contributed by atoms with Crippen LogP contribution in [0.1, 0.15) is 33.7 Å². The van der Waals surface area contributed by atoms with Gasteiger partial charge >= 0.3 is 5.97 Å². The van der Waals surface area contributed by atoms with Crippen molar-refractivity contribution >= 4 is 29.6 Å². The van der Waals surface area contributed by atoms with Crippen molar-refractivity contribution in [1.82, 2.24) is 9.47 Å². The fraction of sp³-hybridized carbons (Fsp3) is 0.263. The Kier molecular flexibility index (Phi) is 4.43. The largest absolute Gasteiger partial charge is 0.478 e. The van der Waals surface area contributed by atoms with Crippen LogP contribution in [0.15, 0.2) is 29.8 Å². The van der Waals surface area contributed by atoms with Crippen LogP contribution in [-0.4, -0.2) is 40.0 Å². The predicted molar refractivity (Wildman–Crippen MR) is 97.4 cm³/mol. The number of likely N-dealkylation sites (N-methyl/N-ethyl adjacent to an activating group) is 1. The molecule has 5 nitrogen and oxygen atoms in total. The number of rotatable bonds is 3. The third kappa shape index (κ3) is 3.07. The van der Waals surface area contributed by atoms with Crippen molar-refractivity contribution in [3.63, 3.8) is 0 Å². The number of aromatic nitrogens is 1. The minimum atomic E-state index is -1.06. The number of aromatic carboxylic acids is 1. The van der Waals surface area contributed by atoms with E-state index in [4.69, 9.17) is 11.6 Å². The second-order valence-corrected chi connectivity index (χ2v) is 6.68. The molecule has 3 rings (SSSR count). The standard InChI is InChI=1S/C19H19ClN2O3/c1-11-8-14(9-13-6-7-21(3)18(13)23)12(2)22(11)15-4-5-17(20)16(10-15)19(24)25/h4-5,8-10H,6-7H2,1-3H3,(H,24,25)/b13-9+. The van der Waals surface area contributed by atoms with Crippen molar-refractivity contribution in [3.8, 4) is 5.69 Å². The summed E-state index contributed by atoms with van der Waals surface area (Å²) in [6.45, 7) is 4.65. The molecule has 1 fully saturated rings. The molecule has 2 aromatic rings. The van der Waals surface area contributed by atoms with Crippen molar-refractivity contribution in [3.05, 3.63) is 57.4 Å². The van der Waals surface area contributed by atoms with E-state index in [1.165, 1.54) is 0 Å². The van der Waals surface area contributed by atoms with Gasteiger partial charge in [-0.15, -0.1) is 0 Å². The maximum absolute atomic E-state index is 12.1. The van der Waals surface area contributed by atoms with E-state index >= 15 is 0 Å². The van der Waals surface area contributed by atoms with Crippen LogP contribution in [0.2, 0.25) is 5.02 Å². The molecule has 0 aliphatic carbocycles. The number of carboxylic acids is 1. The number of carbonyl (C=O) groups is 2. The molecule has 0 bridgehead atoms. The summed E-state index contributed by atoms with van der Waals surface area (Å²) in [6.07, 6.45) is 2.67. The van der Waals surface area contributed by atoms with Crippen LogP contribution in [0.3, 0.4) is 0 Å². The third-order valence-corrected chi connectivity index (χ3v) is 4.91. The fourth-order valence-corrected chi connectivity index (χ4v) is 3.41. The zero-order valence-corrected chi connectivity index (χ0v) is 15.1. The maximum Gasteiger partial charge on any atom is 0.337 e. The second kappa shape index (κ2) is 6.41. The van der Waals surface area contributed by atoms with Gasteiger partial charge in [0.05, 0.1) is 10.6 Å². The van der Waals surface area contributed by atoms with E-state index in [1.54, 1.807) is 30.1 Å². The number of carboxylic acid groups (broad SMARTS) is 1. The van der Waals surface area contributed by atoms with Crippen molar-refractivity contribution in [2.75, 3.05) is 13.6 Å². The fourth-order valence-electron chi connectivity index (χ4n) is 3.21. The zero-order valence-electron chi connectivity index (χ0n) is 14.3. The topological polar surface area (TPSA) is 62.5 Å². The first kappa shape index (κ1) is 17.3. The van der Waals surface area contributed by atoms with Crippen LogP contribution in [0.25, 0.3) is 11.8 Å². The normalized spacial score (nSPS) is 16.1. The number of hydrogen-bond acceptors (Lipinski definition) is 2. The molecule has 0 atom stereocenters. The molecule has 1 aliphatic rings. The molecule has 1 aromatic heterocycles. The van der Waals surface area contributed by atoms with Crippen LogP contribution in [0.4, 0.5) is 0 Å². The molecule has 2 heterocycles. The average Bonchev–Trinajstić information content (AvgIpc) is 3.01. The molecule has 1 saturated heterocycles. The Hall–Kier alpha value is -2.53. The highest BCUT2D eigenvalue weighted by Crippen LogP contribution is 2.27. The van der Waals surface area contributed by atoms with E-state index < -0.39 is 5.97 Å². The Labute approximate surface area is 151 Å². The smallest absolute Gasteiger partial charge is 0.337 e. The predicted octanol–water partition coefficient (Wildman–Crippen LogP) is 3.69. The summed E-state index contributed by atoms with van der Waals surface area (Å²) >= 11 is 5.96. The molecule has 1 amide bonds. The third-order valence-electron chi connectivity index (χ3n) is 4.58. The first-order chi connectivity index (χ1) is 11.8. The van der Waals surface area contributed by atoms with E-state index in [1.807, 2.05) is 30.6 Å². The molecule has 1 aliphatic heterocycles. The first-order valence-electron chi connectivity index (χ1n) is 7.97. The van der Waals surface area contributed by atoms with Gasteiger partial charge in [0.25, 0.3) is 0 Å². The molecule has 25 heavy (non-hydrogen) atoms. The van der Waals surface area contributed by atoms with E-state index in [-0.39, 0.29) is 16.5 Å². The van der Waals surface area contributed by atoms with Crippen LogP contribution in [0, 0.1) is 13.8 Å². The Morgan fingerprint density at radius 1 is 1.28 bits per heavy atom. The summed E-state index contributed by atoms with van der Waals surface area (Å²) in [5.74, 6) is -0.999. The van der Waals surface area contributed by atoms with Gasteiger partial charge in [-0.1, -0.05) is 11.6 Å². The molecule has 6 heteroatoms. The molecular weight excluding hydrogens is 340 g/mol. The van der Waals surface area contributed by atoms with Gasteiger partial charge in [0, 0.05) is 36.2 Å². The average molecular weight is 359 g/mol. The number of halogens is 1. The number of amides is 1. The minimum absolute atomic E-state index is 0.0597. The molecule has 0 unspecified atom stereocenters. The summed E-state index contributed by atoms with van der Waals surface area (Å²) in [5.41, 5.74) is 4.47.